The van der Waals surface area contributed by atoms with Crippen LogP contribution in [0.5, 0.6) is 0 Å². The lowest BCUT2D eigenvalue weighted by Gasteiger charge is -2.19. The zero-order valence-electron chi connectivity index (χ0n) is 19.9. The maximum atomic E-state index is 13.3. The van der Waals surface area contributed by atoms with Crippen molar-refractivity contribution in [3.8, 4) is 0 Å². The van der Waals surface area contributed by atoms with Crippen LogP contribution in [-0.4, -0.2) is 25.4 Å². The van der Waals surface area contributed by atoms with E-state index in [0.29, 0.717) is 11.1 Å². The number of fused-ring (bicyclic) bond motifs is 1. The third-order valence-corrected chi connectivity index (χ3v) is 5.50. The van der Waals surface area contributed by atoms with E-state index in [2.05, 4.69) is 0 Å². The quantitative estimate of drug-likeness (QED) is 0.464. The van der Waals surface area contributed by atoms with Gasteiger partial charge in [-0.2, -0.15) is 0 Å². The number of para-hydroxylation sites is 1. The lowest BCUT2D eigenvalue weighted by molar-refractivity contribution is 0.0544. The van der Waals surface area contributed by atoms with Gasteiger partial charge in [0.2, 0.25) is 0 Å². The number of aromatic nitrogens is 3. The molecule has 0 unspecified atom stereocenters. The first kappa shape index (κ1) is 23.0. The molecule has 0 saturated carbocycles. The second-order valence-electron chi connectivity index (χ2n) is 9.15. The Morgan fingerprint density at radius 3 is 2.00 bits per heavy atom. The van der Waals surface area contributed by atoms with Gasteiger partial charge >= 0.3 is 6.09 Å². The second kappa shape index (κ2) is 8.67. The van der Waals surface area contributed by atoms with E-state index in [-0.39, 0.29) is 21.8 Å². The van der Waals surface area contributed by atoms with Crippen LogP contribution in [0.2, 0.25) is 0 Å². The molecule has 34 heavy (non-hydrogen) atoms. The molecule has 0 spiro atoms. The van der Waals surface area contributed by atoms with Crippen LogP contribution in [0, 0.1) is 0 Å². The van der Waals surface area contributed by atoms with Gasteiger partial charge in [-0.25, -0.2) is 4.79 Å². The summed E-state index contributed by atoms with van der Waals surface area (Å²) in [6.07, 6.45) is 4.45. The van der Waals surface area contributed by atoms with Crippen molar-refractivity contribution in [1.29, 1.82) is 0 Å². The molecule has 0 N–H and O–H groups in total. The molecule has 174 valence electrons. The second-order valence-corrected chi connectivity index (χ2v) is 9.15. The number of rotatable bonds is 2. The molecular weight excluding hydrogens is 430 g/mol. The molecular formula is C27H27N3O4. The molecule has 2 heterocycles. The van der Waals surface area contributed by atoms with E-state index in [9.17, 15) is 14.4 Å². The third-order valence-electron chi connectivity index (χ3n) is 5.50. The Hall–Kier alpha value is -4.13. The molecule has 0 aliphatic carbocycles. The summed E-state index contributed by atoms with van der Waals surface area (Å²) in [4.78, 5) is 39.2. The highest BCUT2D eigenvalue weighted by molar-refractivity contribution is 5.95. The Bertz CT molecular complexity index is 1630. The Labute approximate surface area is 196 Å². The molecule has 7 nitrogen and oxygen atoms in total. The van der Waals surface area contributed by atoms with Gasteiger partial charge in [0.1, 0.15) is 16.3 Å². The first-order chi connectivity index (χ1) is 16.1. The van der Waals surface area contributed by atoms with Gasteiger partial charge in [0.05, 0.1) is 5.52 Å². The Balaban J connectivity index is 1.95. The fourth-order valence-electron chi connectivity index (χ4n) is 3.80. The average molecular weight is 458 g/mol. The summed E-state index contributed by atoms with van der Waals surface area (Å²) in [6.45, 7) is 5.41. The van der Waals surface area contributed by atoms with Gasteiger partial charge in [-0.1, -0.05) is 48.5 Å². The summed E-state index contributed by atoms with van der Waals surface area (Å²) in [5.74, 6) is 0. The van der Waals surface area contributed by atoms with E-state index in [0.717, 1.165) is 10.9 Å². The summed E-state index contributed by atoms with van der Waals surface area (Å²) >= 11 is 0. The molecule has 7 heteroatoms. The van der Waals surface area contributed by atoms with Crippen LogP contribution in [-0.2, 0) is 18.8 Å². The van der Waals surface area contributed by atoms with Gasteiger partial charge in [0.15, 0.2) is 0 Å². The highest BCUT2D eigenvalue weighted by Gasteiger charge is 2.20. The fourth-order valence-corrected chi connectivity index (χ4v) is 3.80. The number of carbonyl (C=O) groups is 1. The number of hydrogen-bond donors (Lipinski definition) is 0. The smallest absolute Gasteiger partial charge is 0.419 e. The van der Waals surface area contributed by atoms with Crippen molar-refractivity contribution in [2.24, 2.45) is 14.1 Å². The van der Waals surface area contributed by atoms with Gasteiger partial charge in [-0.05, 0) is 44.6 Å². The molecule has 0 amide bonds. The molecule has 2 aromatic heterocycles. The highest BCUT2D eigenvalue weighted by Crippen LogP contribution is 2.23. The molecule has 0 aliphatic heterocycles. The largest absolute Gasteiger partial charge is 0.443 e. The summed E-state index contributed by atoms with van der Waals surface area (Å²) in [7, 11) is 3.16. The lowest BCUT2D eigenvalue weighted by atomic mass is 10.1. The minimum absolute atomic E-state index is 0.213. The normalized spacial score (nSPS) is 13.0. The van der Waals surface area contributed by atoms with E-state index in [1.54, 1.807) is 53.2 Å². The van der Waals surface area contributed by atoms with Gasteiger partial charge in [-0.15, -0.1) is 0 Å². The van der Waals surface area contributed by atoms with Crippen LogP contribution >= 0.6 is 0 Å². The highest BCUT2D eigenvalue weighted by atomic mass is 16.6. The molecule has 0 bridgehead atoms. The van der Waals surface area contributed by atoms with E-state index < -0.39 is 11.7 Å². The molecule has 4 aromatic rings. The minimum Gasteiger partial charge on any atom is -0.443 e. The summed E-state index contributed by atoms with van der Waals surface area (Å²) in [5.41, 5.74) is 0.836. The standard InChI is InChI=1S/C27H27N3O4/c1-27(2,3)34-26(33)30-17-19(20-13-9-10-14-21(20)30)16-23-25(32)28(4)22(24(31)29(23)5)15-18-11-7-6-8-12-18/h6-17H,1-5H3/b22-15-,23-16-. The van der Waals surface area contributed by atoms with Crippen molar-refractivity contribution < 1.29 is 9.53 Å². The van der Waals surface area contributed by atoms with Gasteiger partial charge in [0.25, 0.3) is 11.1 Å². The zero-order valence-corrected chi connectivity index (χ0v) is 19.9. The van der Waals surface area contributed by atoms with Crippen molar-refractivity contribution >= 4 is 29.1 Å². The molecule has 0 fully saturated rings. The number of hydrogen-bond acceptors (Lipinski definition) is 4. The summed E-state index contributed by atoms with van der Waals surface area (Å²) < 4.78 is 9.66. The van der Waals surface area contributed by atoms with Crippen molar-refractivity contribution in [2.75, 3.05) is 0 Å². The average Bonchev–Trinajstić information content (AvgIpc) is 3.17. The molecule has 2 aromatic carbocycles. The Kier molecular flexibility index (Phi) is 5.87. The van der Waals surface area contributed by atoms with E-state index in [1.165, 1.54) is 13.7 Å². The summed E-state index contributed by atoms with van der Waals surface area (Å²) in [5, 5.41) is 1.26. The van der Waals surface area contributed by atoms with Crippen molar-refractivity contribution in [1.82, 2.24) is 13.7 Å². The molecule has 4 rings (SSSR count). The third kappa shape index (κ3) is 4.37. The van der Waals surface area contributed by atoms with Crippen molar-refractivity contribution in [2.45, 2.75) is 26.4 Å². The van der Waals surface area contributed by atoms with Crippen molar-refractivity contribution in [3.05, 3.63) is 103 Å². The van der Waals surface area contributed by atoms with Crippen LogP contribution in [0.4, 0.5) is 4.79 Å². The van der Waals surface area contributed by atoms with Gasteiger partial charge < -0.3 is 13.9 Å². The van der Waals surface area contributed by atoms with E-state index >= 15 is 0 Å². The number of ether oxygens (including phenoxy) is 1. The van der Waals surface area contributed by atoms with Crippen LogP contribution in [0.3, 0.4) is 0 Å². The van der Waals surface area contributed by atoms with E-state index in [1.807, 2.05) is 54.6 Å². The number of benzene rings is 2. The first-order valence-corrected chi connectivity index (χ1v) is 10.9. The molecule has 0 atom stereocenters. The topological polar surface area (TPSA) is 75.2 Å². The Morgan fingerprint density at radius 1 is 0.824 bits per heavy atom. The fraction of sp³-hybridized carbons (Fsp3) is 0.222. The number of carbonyl (C=O) groups excluding carboxylic acids is 1. The maximum absolute atomic E-state index is 13.3. The van der Waals surface area contributed by atoms with Crippen LogP contribution in [0.25, 0.3) is 23.1 Å². The maximum Gasteiger partial charge on any atom is 0.419 e. The minimum atomic E-state index is -0.655. The van der Waals surface area contributed by atoms with Crippen LogP contribution in [0.15, 0.2) is 70.4 Å². The molecule has 0 saturated heterocycles. The predicted molar refractivity (Wildman–Crippen MR) is 133 cm³/mol. The SMILES string of the molecule is Cn1c(=O)/c(=C/c2cn(C(=O)OC(C)(C)C)c3ccccc23)n(C)c(=O)/c1=C/c1ccccc1. The number of nitrogens with zero attached hydrogens (tertiary/aromatic N) is 3. The van der Waals surface area contributed by atoms with Crippen LogP contribution in [0.1, 0.15) is 31.9 Å². The summed E-state index contributed by atoms with van der Waals surface area (Å²) in [6, 6.07) is 16.7. The van der Waals surface area contributed by atoms with Crippen molar-refractivity contribution in [3.63, 3.8) is 0 Å². The first-order valence-electron chi connectivity index (χ1n) is 10.9. The molecule has 0 aliphatic rings. The zero-order chi connectivity index (χ0) is 24.6. The van der Waals surface area contributed by atoms with Gasteiger partial charge in [0, 0.05) is 31.2 Å². The van der Waals surface area contributed by atoms with Crippen LogP contribution < -0.4 is 21.8 Å². The predicted octanol–water partition coefficient (Wildman–Crippen LogP) is 2.48. The van der Waals surface area contributed by atoms with Gasteiger partial charge in [-0.3, -0.25) is 14.2 Å². The molecule has 0 radical (unpaired) electrons. The monoisotopic (exact) mass is 457 g/mol. The van der Waals surface area contributed by atoms with E-state index in [4.69, 9.17) is 4.74 Å². The Morgan fingerprint density at radius 2 is 1.38 bits per heavy atom. The lowest BCUT2D eigenvalue weighted by Crippen LogP contribution is -2.56.